The molecule has 9 aromatic rings. The minimum atomic E-state index is 0. The Labute approximate surface area is 484 Å². The smallest absolute Gasteiger partial charge is 0.140 e. The highest BCUT2D eigenvalue weighted by Gasteiger charge is 2.37. The first-order valence-electron chi connectivity index (χ1n) is 30.4. The van der Waals surface area contributed by atoms with Crippen LogP contribution in [0.25, 0.3) is 66.5 Å². The Balaban J connectivity index is 0.000000121. The maximum atomic E-state index is 4.86. The molecule has 0 aliphatic carbocycles. The van der Waals surface area contributed by atoms with Gasteiger partial charge in [0.1, 0.15) is 34.5 Å². The van der Waals surface area contributed by atoms with E-state index in [4.69, 9.17) is 20.1 Å². The van der Waals surface area contributed by atoms with Crippen LogP contribution in [0.15, 0.2) is 73.6 Å². The van der Waals surface area contributed by atoms with E-state index < -0.39 is 0 Å². The van der Waals surface area contributed by atoms with Crippen LogP contribution >= 0.6 is 0 Å². The summed E-state index contributed by atoms with van der Waals surface area (Å²) in [4.78, 5) is 29.9. The van der Waals surface area contributed by atoms with Crippen molar-refractivity contribution in [1.29, 1.82) is 0 Å². The van der Waals surface area contributed by atoms with Crippen LogP contribution in [0.4, 0.5) is 17.5 Å². The van der Waals surface area contributed by atoms with Crippen molar-refractivity contribution >= 4 is 50.2 Å². The van der Waals surface area contributed by atoms with Crippen LogP contribution in [-0.4, -0.2) is 149 Å². The fourth-order valence-corrected chi connectivity index (χ4v) is 14.4. The molecule has 3 fully saturated rings. The van der Waals surface area contributed by atoms with E-state index >= 15 is 0 Å². The van der Waals surface area contributed by atoms with Crippen LogP contribution in [0, 0.1) is 0 Å². The van der Waals surface area contributed by atoms with E-state index in [1.54, 1.807) is 0 Å². The minimum Gasteiger partial charge on any atom is -0.352 e. The Morgan fingerprint density at radius 1 is 0.451 bits per heavy atom. The van der Waals surface area contributed by atoms with Gasteiger partial charge < -0.3 is 43.1 Å². The van der Waals surface area contributed by atoms with E-state index in [-0.39, 0.29) is 7.43 Å². The number of nitrogens with one attached hydrogen (secondary N) is 3. The Bertz CT molecular complexity index is 3650. The molecule has 3 saturated heterocycles. The second-order valence-electron chi connectivity index (χ2n) is 24.8. The molecule has 0 atom stereocenters. The lowest BCUT2D eigenvalue weighted by Gasteiger charge is -2.40. The average Bonchev–Trinajstić information content (AvgIpc) is 3.39. The number of anilines is 3. The van der Waals surface area contributed by atoms with Gasteiger partial charge in [-0.15, -0.1) is 0 Å². The molecule has 0 saturated carbocycles. The molecule has 0 bridgehead atoms. The number of hydrogen-bond donors (Lipinski definition) is 3. The third-order valence-electron chi connectivity index (χ3n) is 19.1. The van der Waals surface area contributed by atoms with Crippen molar-refractivity contribution in [2.24, 2.45) is 7.05 Å². The van der Waals surface area contributed by atoms with Gasteiger partial charge in [0.15, 0.2) is 0 Å². The summed E-state index contributed by atoms with van der Waals surface area (Å²) in [6.45, 7) is 31.1. The molecule has 6 aliphatic rings. The second kappa shape index (κ2) is 22.6. The lowest BCUT2D eigenvalue weighted by atomic mass is 10.0. The maximum absolute atomic E-state index is 4.86. The Morgan fingerprint density at radius 2 is 0.805 bits per heavy atom. The molecule has 0 unspecified atom stereocenters. The SMILES string of the molecule is C.CC(C)N1CCC(N2Cc3c(ccn3C(C)C)-c3n[nH]c4ccnc2c34)CC1.CC(C)N1CCC(N2Cc3c(ccn3C)-c3n[nH]c4ccnc2c34)CC1.CCn1ccc2c1CN(C1CCN(C(C)C)CC1)c1nccc3[nH]nc-2c13. The summed E-state index contributed by atoms with van der Waals surface area (Å²) in [6.07, 6.45) is 19.4. The number of rotatable bonds is 8. The highest BCUT2D eigenvalue weighted by Crippen LogP contribution is 2.45. The van der Waals surface area contributed by atoms with E-state index in [0.717, 1.165) is 117 Å². The molecule has 3 N–H and O–H groups in total. The number of fused-ring (bicyclic) bond motifs is 6. The number of aryl methyl sites for hydroxylation is 2. The van der Waals surface area contributed by atoms with Crippen LogP contribution in [0.3, 0.4) is 0 Å². The normalized spacial score (nSPS) is 18.1. The van der Waals surface area contributed by atoms with Gasteiger partial charge in [0.2, 0.25) is 0 Å². The van der Waals surface area contributed by atoms with Gasteiger partial charge in [0.05, 0.1) is 52.3 Å². The molecule has 0 amide bonds. The molecular formula is C64H88N18. The molecule has 0 aromatic carbocycles. The summed E-state index contributed by atoms with van der Waals surface area (Å²) in [5.74, 6) is 3.28. The lowest BCUT2D eigenvalue weighted by molar-refractivity contribution is 0.169. The monoisotopic (exact) mass is 1110 g/mol. The van der Waals surface area contributed by atoms with Crippen molar-refractivity contribution in [1.82, 2.24) is 73.9 Å². The van der Waals surface area contributed by atoms with Crippen molar-refractivity contribution < 1.29 is 0 Å². The highest BCUT2D eigenvalue weighted by atomic mass is 15.3. The van der Waals surface area contributed by atoms with E-state index in [0.29, 0.717) is 42.3 Å². The number of H-pyrrole nitrogens is 3. The summed E-state index contributed by atoms with van der Waals surface area (Å²) in [5, 5.41) is 27.2. The third-order valence-corrected chi connectivity index (χ3v) is 19.1. The summed E-state index contributed by atoms with van der Waals surface area (Å²) in [6, 6.07) is 16.6. The standard InChI is InChI=1S/C22H30N6.C21H28N6.C20H26N6.CH4/c1-14(2)26-10-6-16(7-11-26)28-13-19-17(8-12-27(19)15(3)4)21-20-18(24-25-21)5-9-23-22(20)28;1-4-25-12-8-16-18(25)13-27(15-6-10-26(11-7-15)14(2)3)21-19-17(5-9-22-21)23-24-20(16)19;1-13(2)25-10-5-14(6-11-25)26-12-17-15(7-9-24(17)3)19-18-16(22-23-19)4-8-21-20(18)26;/h5,8-9,12,14-16H,6-7,10-11,13H2,1-4H3,(H,24,25);5,8-9,12,14-15H,4,6-7,10-11,13H2,1-3H3,(H,23,24);4,7-9,13-14H,5-6,10-12H2,1-3H3,(H,22,23);1H4. The Hall–Kier alpha value is -7.02. The number of nitrogens with zero attached hydrogens (tertiary/aromatic N) is 15. The molecule has 82 heavy (non-hydrogen) atoms. The number of aromatic nitrogens is 12. The molecule has 18 nitrogen and oxygen atoms in total. The van der Waals surface area contributed by atoms with Gasteiger partial charge >= 0.3 is 0 Å². The molecule has 0 radical (unpaired) electrons. The molecule has 15 rings (SSSR count). The zero-order valence-electron chi connectivity index (χ0n) is 49.5. The quantitative estimate of drug-likeness (QED) is 0.132. The zero-order valence-corrected chi connectivity index (χ0v) is 49.5. The van der Waals surface area contributed by atoms with Gasteiger partial charge in [0, 0.05) is 166 Å². The van der Waals surface area contributed by atoms with Crippen molar-refractivity contribution in [3.05, 3.63) is 90.7 Å². The van der Waals surface area contributed by atoms with Crippen molar-refractivity contribution in [3.8, 4) is 33.8 Å². The van der Waals surface area contributed by atoms with Gasteiger partial charge in [-0.25, -0.2) is 15.0 Å². The van der Waals surface area contributed by atoms with E-state index in [2.05, 4.69) is 175 Å². The van der Waals surface area contributed by atoms with Crippen molar-refractivity contribution in [2.75, 3.05) is 54.0 Å². The van der Waals surface area contributed by atoms with Gasteiger partial charge in [-0.1, -0.05) is 7.43 Å². The highest BCUT2D eigenvalue weighted by molar-refractivity contribution is 6.04. The lowest BCUT2D eigenvalue weighted by Crippen LogP contribution is -2.47. The fourth-order valence-electron chi connectivity index (χ4n) is 14.4. The number of hydrogen-bond acceptors (Lipinski definition) is 12. The van der Waals surface area contributed by atoms with Crippen molar-refractivity contribution in [3.63, 3.8) is 0 Å². The molecule has 434 valence electrons. The minimum absolute atomic E-state index is 0. The van der Waals surface area contributed by atoms with Crippen LogP contribution in [0.5, 0.6) is 0 Å². The number of aromatic amines is 3. The molecule has 6 aliphatic heterocycles. The first-order valence-corrected chi connectivity index (χ1v) is 30.4. The molecule has 18 heteroatoms. The van der Waals surface area contributed by atoms with Gasteiger partial charge in [-0.3, -0.25) is 15.3 Å². The van der Waals surface area contributed by atoms with Crippen LogP contribution in [0.1, 0.15) is 131 Å². The average molecular weight is 1110 g/mol. The Kier molecular flexibility index (Phi) is 15.3. The predicted octanol–water partition coefficient (Wildman–Crippen LogP) is 11.6. The predicted molar refractivity (Wildman–Crippen MR) is 333 cm³/mol. The van der Waals surface area contributed by atoms with Crippen molar-refractivity contribution in [2.45, 2.75) is 177 Å². The third kappa shape index (κ3) is 9.75. The summed E-state index contributed by atoms with van der Waals surface area (Å²) < 4.78 is 6.99. The topological polar surface area (TPSA) is 159 Å². The van der Waals surface area contributed by atoms with Gasteiger partial charge in [-0.05, 0) is 137 Å². The van der Waals surface area contributed by atoms with Gasteiger partial charge in [-0.2, -0.15) is 15.3 Å². The molecule has 9 aromatic heterocycles. The largest absolute Gasteiger partial charge is 0.352 e. The number of pyridine rings is 3. The summed E-state index contributed by atoms with van der Waals surface area (Å²) in [7, 11) is 2.13. The first kappa shape index (κ1) is 55.5. The Morgan fingerprint density at radius 3 is 1.20 bits per heavy atom. The van der Waals surface area contributed by atoms with E-state index in [9.17, 15) is 0 Å². The van der Waals surface area contributed by atoms with Crippen LogP contribution in [-0.2, 0) is 33.2 Å². The maximum Gasteiger partial charge on any atom is 0.140 e. The fraction of sp³-hybridized carbons (Fsp3) is 0.531. The van der Waals surface area contributed by atoms with E-state index in [1.165, 1.54) is 88.5 Å². The van der Waals surface area contributed by atoms with Gasteiger partial charge in [0.25, 0.3) is 0 Å². The van der Waals surface area contributed by atoms with E-state index in [1.807, 2.05) is 36.8 Å². The molecule has 0 spiro atoms. The molecular weight excluding hydrogens is 1020 g/mol. The van der Waals surface area contributed by atoms with Crippen LogP contribution in [0.2, 0.25) is 0 Å². The summed E-state index contributed by atoms with van der Waals surface area (Å²) >= 11 is 0. The number of likely N-dealkylation sites (tertiary alicyclic amines) is 3. The second-order valence-corrected chi connectivity index (χ2v) is 24.8. The van der Waals surface area contributed by atoms with Crippen LogP contribution < -0.4 is 14.7 Å². The zero-order chi connectivity index (χ0) is 55.8. The number of piperidine rings is 3. The first-order chi connectivity index (χ1) is 39.3. The molecule has 15 heterocycles. The summed E-state index contributed by atoms with van der Waals surface area (Å²) in [5.41, 5.74) is 14.1.